The number of benzene rings is 3. The molecule has 6 rings (SSSR count). The lowest BCUT2D eigenvalue weighted by Crippen LogP contribution is -2.58. The van der Waals surface area contributed by atoms with Crippen LogP contribution in [0, 0.1) is 11.6 Å². The summed E-state index contributed by atoms with van der Waals surface area (Å²) in [6, 6.07) is 11.7. The van der Waals surface area contributed by atoms with E-state index >= 15 is 8.78 Å². The summed E-state index contributed by atoms with van der Waals surface area (Å²) < 4.78 is 91.3. The van der Waals surface area contributed by atoms with Gasteiger partial charge in [-0.3, -0.25) is 0 Å². The zero-order chi connectivity index (χ0) is 25.4. The fourth-order valence-electron chi connectivity index (χ4n) is 4.95. The Morgan fingerprint density at radius 2 is 1.61 bits per heavy atom. The Kier molecular flexibility index (Phi) is 4.92. The number of fused-ring (bicyclic) bond motifs is 2. The number of alkyl halides is 4. The van der Waals surface area contributed by atoms with Crippen molar-refractivity contribution in [3.8, 4) is 22.5 Å². The predicted octanol–water partition coefficient (Wildman–Crippen LogP) is 4.85. The number of aliphatic hydroxyl groups excluding tert-OH is 1. The van der Waals surface area contributed by atoms with E-state index < -0.39 is 49.7 Å². The molecule has 4 nitrogen and oxygen atoms in total. The molecule has 0 atom stereocenters. The molecule has 186 valence electrons. The topological polar surface area (TPSA) is 39.6 Å². The van der Waals surface area contributed by atoms with E-state index in [9.17, 15) is 22.7 Å². The summed E-state index contributed by atoms with van der Waals surface area (Å²) in [6.07, 6.45) is 0. The number of hydrogen-bond acceptors (Lipinski definition) is 3. The van der Waals surface area contributed by atoms with Gasteiger partial charge < -0.3 is 14.4 Å². The van der Waals surface area contributed by atoms with Gasteiger partial charge in [0.25, 0.3) is 5.92 Å². The molecule has 2 fully saturated rings. The average molecular weight is 505 g/mol. The first-order chi connectivity index (χ1) is 17.0. The van der Waals surface area contributed by atoms with E-state index in [0.29, 0.717) is 16.7 Å². The van der Waals surface area contributed by atoms with Crippen molar-refractivity contribution in [2.75, 3.05) is 31.1 Å². The molecular weight excluding hydrogens is 486 g/mol. The molecule has 1 aliphatic carbocycles. The molecule has 36 heavy (non-hydrogen) atoms. The Balaban J connectivity index is 1.65. The molecule has 0 radical (unpaired) electrons. The van der Waals surface area contributed by atoms with Gasteiger partial charge in [-0.2, -0.15) is 13.2 Å². The van der Waals surface area contributed by atoms with Gasteiger partial charge in [0.05, 0.1) is 31.5 Å². The highest BCUT2D eigenvalue weighted by molar-refractivity contribution is 6.03. The van der Waals surface area contributed by atoms with Crippen molar-refractivity contribution in [1.82, 2.24) is 4.58 Å². The maximum Gasteiger partial charge on any atom is 0.361 e. The number of nitrogens with zero attached hydrogens (tertiary/aromatic N) is 2. The summed E-state index contributed by atoms with van der Waals surface area (Å²) in [6.45, 7) is -2.90. The molecule has 0 bridgehead atoms. The van der Waals surface area contributed by atoms with Gasteiger partial charge in [0.2, 0.25) is 18.4 Å². The van der Waals surface area contributed by atoms with E-state index in [4.69, 9.17) is 4.42 Å². The van der Waals surface area contributed by atoms with Crippen LogP contribution in [0.5, 0.6) is 0 Å². The van der Waals surface area contributed by atoms with Gasteiger partial charge >= 0.3 is 5.92 Å². The fraction of sp³-hybridized carbons (Fsp3) is 0.269. The second-order valence-electron chi connectivity index (χ2n) is 9.32. The van der Waals surface area contributed by atoms with Crippen molar-refractivity contribution >= 4 is 16.7 Å². The second kappa shape index (κ2) is 7.73. The molecule has 1 N–H and O–H groups in total. The van der Waals surface area contributed by atoms with Crippen LogP contribution < -0.4 is 14.8 Å². The fourth-order valence-corrected chi connectivity index (χ4v) is 4.95. The minimum Gasteiger partial charge on any atom is -0.456 e. The maximum absolute atomic E-state index is 15.2. The van der Waals surface area contributed by atoms with Crippen LogP contribution in [-0.2, 0) is 6.61 Å². The second-order valence-corrected chi connectivity index (χ2v) is 9.32. The third-order valence-electron chi connectivity index (χ3n) is 6.68. The van der Waals surface area contributed by atoms with E-state index in [1.165, 1.54) is 21.6 Å². The zero-order valence-electron chi connectivity index (χ0n) is 18.7. The molecule has 0 saturated carbocycles. The Bertz CT molecular complexity index is 1560. The Morgan fingerprint density at radius 3 is 2.28 bits per heavy atom. The predicted molar refractivity (Wildman–Crippen MR) is 121 cm³/mol. The quantitative estimate of drug-likeness (QED) is 0.246. The maximum atomic E-state index is 15.2. The monoisotopic (exact) mass is 505 g/mol. The summed E-state index contributed by atoms with van der Waals surface area (Å²) in [7, 11) is 0. The average Bonchev–Trinajstić information content (AvgIpc) is 2.79. The van der Waals surface area contributed by atoms with Crippen molar-refractivity contribution < 1.29 is 35.9 Å². The van der Waals surface area contributed by atoms with Gasteiger partial charge in [-0.25, -0.2) is 17.7 Å². The van der Waals surface area contributed by atoms with Gasteiger partial charge in [0.15, 0.2) is 5.82 Å². The Labute approximate surface area is 200 Å². The van der Waals surface area contributed by atoms with Crippen LogP contribution in [0.15, 0.2) is 52.9 Å². The molecule has 10 heteroatoms. The molecule has 0 spiro atoms. The lowest BCUT2D eigenvalue weighted by atomic mass is 9.90. The van der Waals surface area contributed by atoms with Crippen LogP contribution in [0.25, 0.3) is 33.4 Å². The van der Waals surface area contributed by atoms with Crippen molar-refractivity contribution in [3.63, 3.8) is 0 Å². The van der Waals surface area contributed by atoms with Gasteiger partial charge in [-0.05, 0) is 23.3 Å². The van der Waals surface area contributed by atoms with Crippen LogP contribution in [0.4, 0.5) is 32.0 Å². The highest BCUT2D eigenvalue weighted by atomic mass is 19.3. The van der Waals surface area contributed by atoms with E-state index in [1.807, 2.05) is 0 Å². The SMILES string of the molecule is OCc1ccccc1-c1c2cc(F)c(=[N+]3CC(F)(F)C3)cc-2oc2cc(N3CC(F)(F)C3)c(F)cc12. The van der Waals surface area contributed by atoms with Crippen LogP contribution in [0.2, 0.25) is 0 Å². The van der Waals surface area contributed by atoms with Crippen LogP contribution in [0.1, 0.15) is 5.56 Å². The van der Waals surface area contributed by atoms with Gasteiger partial charge in [-0.15, -0.1) is 0 Å². The molecule has 2 aromatic rings. The first-order valence-corrected chi connectivity index (χ1v) is 11.2. The minimum absolute atomic E-state index is 0.0670. The van der Waals surface area contributed by atoms with E-state index in [-0.39, 0.29) is 39.9 Å². The third-order valence-corrected chi connectivity index (χ3v) is 6.68. The number of hydrogen-bond donors (Lipinski definition) is 1. The van der Waals surface area contributed by atoms with Gasteiger partial charge in [0.1, 0.15) is 17.2 Å². The molecule has 0 amide bonds. The highest BCUT2D eigenvalue weighted by Crippen LogP contribution is 2.44. The molecular formula is C26H19F6N2O2+. The normalized spacial score (nSPS) is 18.4. The number of halogens is 6. The Hall–Kier alpha value is -3.53. The number of aliphatic hydroxyl groups is 1. The lowest BCUT2D eigenvalue weighted by molar-refractivity contribution is -0.0649. The summed E-state index contributed by atoms with van der Waals surface area (Å²) in [5.74, 6) is -7.20. The van der Waals surface area contributed by atoms with Crippen LogP contribution >= 0.6 is 0 Å². The molecule has 0 unspecified atom stereocenters. The first kappa shape index (κ1) is 22.9. The standard InChI is InChI=1S/C26H19F6N2O2/c27-18-5-16-22(7-20(18)33-10-25(29,30)11-33)36-23-8-21(34-12-26(31,32)13-34)19(28)6-17(23)24(16)15-4-2-1-3-14(15)9-35/h1-8,35H,9-13H2/q+1. The third kappa shape index (κ3) is 3.62. The first-order valence-electron chi connectivity index (χ1n) is 11.2. The van der Waals surface area contributed by atoms with Gasteiger partial charge in [-0.1, -0.05) is 24.3 Å². The molecule has 3 heterocycles. The van der Waals surface area contributed by atoms with Crippen molar-refractivity contribution in [3.05, 3.63) is 71.1 Å². The Morgan fingerprint density at radius 1 is 0.889 bits per heavy atom. The smallest absolute Gasteiger partial charge is 0.361 e. The van der Waals surface area contributed by atoms with E-state index in [2.05, 4.69) is 0 Å². The largest absolute Gasteiger partial charge is 0.456 e. The summed E-state index contributed by atoms with van der Waals surface area (Å²) in [4.78, 5) is 1.19. The van der Waals surface area contributed by atoms with Crippen molar-refractivity contribution in [2.24, 2.45) is 0 Å². The number of rotatable bonds is 3. The van der Waals surface area contributed by atoms with Crippen molar-refractivity contribution in [1.29, 1.82) is 0 Å². The molecule has 2 aromatic carbocycles. The summed E-state index contributed by atoms with van der Waals surface area (Å²) in [5, 5.41) is 10.1. The molecule has 3 aliphatic heterocycles. The molecule has 0 aromatic heterocycles. The van der Waals surface area contributed by atoms with Crippen LogP contribution in [0.3, 0.4) is 0 Å². The lowest BCUT2D eigenvalue weighted by Gasteiger charge is -2.40. The summed E-state index contributed by atoms with van der Waals surface area (Å²) >= 11 is 0. The van der Waals surface area contributed by atoms with E-state index in [1.54, 1.807) is 24.3 Å². The van der Waals surface area contributed by atoms with Gasteiger partial charge in [0, 0.05) is 22.6 Å². The van der Waals surface area contributed by atoms with E-state index in [0.717, 1.165) is 12.1 Å². The molecule has 4 aliphatic rings. The van der Waals surface area contributed by atoms with Crippen molar-refractivity contribution in [2.45, 2.75) is 18.5 Å². The zero-order valence-corrected chi connectivity index (χ0v) is 18.7. The van der Waals surface area contributed by atoms with Crippen LogP contribution in [-0.4, -0.2) is 43.1 Å². The summed E-state index contributed by atoms with van der Waals surface area (Å²) in [5.41, 5.74) is 1.68. The highest BCUT2D eigenvalue weighted by Gasteiger charge is 2.50. The molecule has 2 saturated heterocycles. The number of anilines is 1. The minimum atomic E-state index is -2.92.